The van der Waals surface area contributed by atoms with Crippen LogP contribution in [0.25, 0.3) is 27.3 Å². The van der Waals surface area contributed by atoms with Gasteiger partial charge in [0.15, 0.2) is 23.0 Å². The van der Waals surface area contributed by atoms with Gasteiger partial charge in [0.1, 0.15) is 12.9 Å². The van der Waals surface area contributed by atoms with Crippen molar-refractivity contribution in [3.8, 4) is 11.5 Å². The minimum Gasteiger partial charge on any atom is -0.493 e. The summed E-state index contributed by atoms with van der Waals surface area (Å²) in [6.07, 6.45) is 3.23. The standard InChI is InChI=1S/C20H16N6O3/c1-28-15-8-7-12-9-22-25(20(27)17(12)18(15)29-2)10-16-23-19-13-5-3-4-6-14(13)21-11-26(19)24-16/h3-9,11H,10H2,1-2H3. The summed E-state index contributed by atoms with van der Waals surface area (Å²) in [5, 5.41) is 10.7. The molecule has 3 heterocycles. The summed E-state index contributed by atoms with van der Waals surface area (Å²) in [5.74, 6) is 1.32. The minimum absolute atomic E-state index is 0.116. The number of hydrogen-bond acceptors (Lipinski definition) is 7. The lowest BCUT2D eigenvalue weighted by molar-refractivity contribution is 0.358. The smallest absolute Gasteiger partial charge is 0.278 e. The number of rotatable bonds is 4. The van der Waals surface area contributed by atoms with Crippen molar-refractivity contribution in [1.29, 1.82) is 0 Å². The van der Waals surface area contributed by atoms with Gasteiger partial charge in [0, 0.05) is 10.8 Å². The molecule has 2 aromatic carbocycles. The van der Waals surface area contributed by atoms with Gasteiger partial charge in [0.05, 0.1) is 31.3 Å². The van der Waals surface area contributed by atoms with Gasteiger partial charge in [0.25, 0.3) is 5.56 Å². The number of ether oxygens (including phenoxy) is 2. The monoisotopic (exact) mass is 388 g/mol. The number of methoxy groups -OCH3 is 2. The molecule has 5 aromatic rings. The van der Waals surface area contributed by atoms with Gasteiger partial charge in [-0.05, 0) is 24.3 Å². The van der Waals surface area contributed by atoms with E-state index in [-0.39, 0.29) is 12.1 Å². The highest BCUT2D eigenvalue weighted by molar-refractivity contribution is 5.91. The van der Waals surface area contributed by atoms with Gasteiger partial charge < -0.3 is 9.47 Å². The molecule has 0 aliphatic heterocycles. The van der Waals surface area contributed by atoms with E-state index >= 15 is 0 Å². The van der Waals surface area contributed by atoms with Gasteiger partial charge in [-0.3, -0.25) is 4.79 Å². The molecule has 0 aliphatic rings. The van der Waals surface area contributed by atoms with Crippen LogP contribution in [0.1, 0.15) is 5.82 Å². The number of benzene rings is 2. The molecule has 144 valence electrons. The van der Waals surface area contributed by atoms with E-state index in [9.17, 15) is 4.79 Å². The Morgan fingerprint density at radius 3 is 2.76 bits per heavy atom. The molecule has 9 heteroatoms. The van der Waals surface area contributed by atoms with Crippen LogP contribution in [0.3, 0.4) is 0 Å². The summed E-state index contributed by atoms with van der Waals surface area (Å²) in [4.78, 5) is 22.1. The zero-order chi connectivity index (χ0) is 20.0. The van der Waals surface area contributed by atoms with Gasteiger partial charge in [-0.1, -0.05) is 12.1 Å². The van der Waals surface area contributed by atoms with Crippen LogP contribution in [-0.4, -0.2) is 43.6 Å². The number of nitrogens with zero attached hydrogens (tertiary/aromatic N) is 6. The van der Waals surface area contributed by atoms with Crippen molar-refractivity contribution in [2.75, 3.05) is 14.2 Å². The fourth-order valence-electron chi connectivity index (χ4n) is 3.42. The van der Waals surface area contributed by atoms with E-state index in [0.29, 0.717) is 33.7 Å². The largest absolute Gasteiger partial charge is 0.493 e. The van der Waals surface area contributed by atoms with Crippen LogP contribution < -0.4 is 15.0 Å². The zero-order valence-corrected chi connectivity index (χ0v) is 15.7. The van der Waals surface area contributed by atoms with E-state index in [0.717, 1.165) is 10.9 Å². The van der Waals surface area contributed by atoms with Crippen molar-refractivity contribution in [3.63, 3.8) is 0 Å². The molecule has 5 rings (SSSR count). The van der Waals surface area contributed by atoms with Crippen LogP contribution in [0.15, 0.2) is 53.7 Å². The van der Waals surface area contributed by atoms with Gasteiger partial charge in [-0.25, -0.2) is 19.2 Å². The molecule has 3 aromatic heterocycles. The molecular weight excluding hydrogens is 372 g/mol. The molecule has 0 radical (unpaired) electrons. The Kier molecular flexibility index (Phi) is 3.87. The third kappa shape index (κ3) is 2.66. The molecule has 0 N–H and O–H groups in total. The molecule has 29 heavy (non-hydrogen) atoms. The maximum Gasteiger partial charge on any atom is 0.278 e. The maximum absolute atomic E-state index is 13.1. The van der Waals surface area contributed by atoms with Gasteiger partial charge in [0.2, 0.25) is 0 Å². The van der Waals surface area contributed by atoms with E-state index in [2.05, 4.69) is 20.2 Å². The van der Waals surface area contributed by atoms with E-state index in [4.69, 9.17) is 9.47 Å². The van der Waals surface area contributed by atoms with Gasteiger partial charge in [-0.2, -0.15) is 5.10 Å². The van der Waals surface area contributed by atoms with Crippen LogP contribution in [-0.2, 0) is 6.54 Å². The third-order valence-corrected chi connectivity index (χ3v) is 4.78. The quantitative estimate of drug-likeness (QED) is 0.465. The lowest BCUT2D eigenvalue weighted by Crippen LogP contribution is -2.24. The number of fused-ring (bicyclic) bond motifs is 4. The SMILES string of the molecule is COc1ccc2cnn(Cc3nc4c5ccccc5ncn4n3)c(=O)c2c1OC. The van der Waals surface area contributed by atoms with Crippen molar-refractivity contribution < 1.29 is 9.47 Å². The molecular formula is C20H16N6O3. The fraction of sp³-hybridized carbons (Fsp3) is 0.150. The van der Waals surface area contributed by atoms with E-state index in [1.54, 1.807) is 29.2 Å². The average Bonchev–Trinajstić information content (AvgIpc) is 3.18. The van der Waals surface area contributed by atoms with Crippen molar-refractivity contribution in [2.24, 2.45) is 0 Å². The first kappa shape index (κ1) is 17.1. The second kappa shape index (κ2) is 6.55. The van der Waals surface area contributed by atoms with E-state index in [1.807, 2.05) is 24.3 Å². The highest BCUT2D eigenvalue weighted by Gasteiger charge is 2.16. The summed E-state index contributed by atoms with van der Waals surface area (Å²) >= 11 is 0. The van der Waals surface area contributed by atoms with Gasteiger partial charge in [-0.15, -0.1) is 5.10 Å². The predicted molar refractivity (Wildman–Crippen MR) is 106 cm³/mol. The van der Waals surface area contributed by atoms with Crippen LogP contribution in [0.5, 0.6) is 11.5 Å². The Hall–Kier alpha value is -4.01. The molecule has 0 fully saturated rings. The summed E-state index contributed by atoms with van der Waals surface area (Å²) in [6, 6.07) is 11.2. The first-order valence-corrected chi connectivity index (χ1v) is 8.89. The number of para-hydroxylation sites is 1. The first-order chi connectivity index (χ1) is 14.2. The highest BCUT2D eigenvalue weighted by atomic mass is 16.5. The Morgan fingerprint density at radius 1 is 1.07 bits per heavy atom. The highest BCUT2D eigenvalue weighted by Crippen LogP contribution is 2.32. The van der Waals surface area contributed by atoms with Crippen molar-refractivity contribution >= 4 is 27.3 Å². The summed E-state index contributed by atoms with van der Waals surface area (Å²) in [5.41, 5.74) is 1.20. The number of hydrogen-bond donors (Lipinski definition) is 0. The second-order valence-electron chi connectivity index (χ2n) is 6.43. The molecule has 0 amide bonds. The first-order valence-electron chi connectivity index (χ1n) is 8.89. The summed E-state index contributed by atoms with van der Waals surface area (Å²) in [6.45, 7) is 0.116. The van der Waals surface area contributed by atoms with Gasteiger partial charge >= 0.3 is 0 Å². The van der Waals surface area contributed by atoms with Crippen molar-refractivity contribution in [3.05, 3.63) is 65.1 Å². The Morgan fingerprint density at radius 2 is 1.93 bits per heavy atom. The topological polar surface area (TPSA) is 96.4 Å². The molecule has 9 nitrogen and oxygen atoms in total. The maximum atomic E-state index is 13.1. The Bertz CT molecular complexity index is 1440. The molecule has 0 unspecified atom stereocenters. The zero-order valence-electron chi connectivity index (χ0n) is 15.7. The fourth-order valence-corrected chi connectivity index (χ4v) is 3.42. The Balaban J connectivity index is 1.64. The van der Waals surface area contributed by atoms with E-state index < -0.39 is 0 Å². The third-order valence-electron chi connectivity index (χ3n) is 4.78. The van der Waals surface area contributed by atoms with Crippen LogP contribution in [0.4, 0.5) is 0 Å². The molecule has 0 atom stereocenters. The summed E-state index contributed by atoms with van der Waals surface area (Å²) in [7, 11) is 3.03. The molecule has 0 saturated carbocycles. The van der Waals surface area contributed by atoms with Crippen LogP contribution in [0, 0.1) is 0 Å². The molecule has 0 saturated heterocycles. The minimum atomic E-state index is -0.305. The molecule has 0 aliphatic carbocycles. The van der Waals surface area contributed by atoms with E-state index in [1.165, 1.54) is 18.9 Å². The molecule has 0 bridgehead atoms. The summed E-state index contributed by atoms with van der Waals surface area (Å²) < 4.78 is 13.7. The second-order valence-corrected chi connectivity index (χ2v) is 6.43. The lowest BCUT2D eigenvalue weighted by atomic mass is 10.1. The Labute approximate surface area is 164 Å². The lowest BCUT2D eigenvalue weighted by Gasteiger charge is -2.11. The normalized spacial score (nSPS) is 11.4. The van der Waals surface area contributed by atoms with Crippen molar-refractivity contribution in [2.45, 2.75) is 6.54 Å². The molecule has 0 spiro atoms. The van der Waals surface area contributed by atoms with Crippen molar-refractivity contribution in [1.82, 2.24) is 29.4 Å². The van der Waals surface area contributed by atoms with Crippen LogP contribution in [0.2, 0.25) is 0 Å². The number of aromatic nitrogens is 6. The predicted octanol–water partition coefficient (Wildman–Crippen LogP) is 2.05. The average molecular weight is 388 g/mol. The van der Waals surface area contributed by atoms with Crippen LogP contribution >= 0.6 is 0 Å².